The van der Waals surface area contributed by atoms with Crippen LogP contribution in [0.4, 0.5) is 0 Å². The van der Waals surface area contributed by atoms with Crippen molar-refractivity contribution in [3.8, 4) is 0 Å². The van der Waals surface area contributed by atoms with Gasteiger partial charge in [0.05, 0.1) is 5.92 Å². The van der Waals surface area contributed by atoms with E-state index < -0.39 is 17.9 Å². The zero-order valence-corrected chi connectivity index (χ0v) is 5.07. The second-order valence-corrected chi connectivity index (χ2v) is 2.15. The maximum absolute atomic E-state index is 10.1. The van der Waals surface area contributed by atoms with Gasteiger partial charge in [0.1, 0.15) is 0 Å². The first-order valence-corrected chi connectivity index (χ1v) is 2.77. The minimum absolute atomic E-state index is 0.391. The summed E-state index contributed by atoms with van der Waals surface area (Å²) in [5.41, 5.74) is 0.500. The second kappa shape index (κ2) is 2.13. The van der Waals surface area contributed by atoms with Crippen LogP contribution in [0.15, 0.2) is 11.6 Å². The third-order valence-corrected chi connectivity index (χ3v) is 1.33. The van der Waals surface area contributed by atoms with E-state index in [2.05, 4.69) is 0 Å². The minimum Gasteiger partial charge on any atom is -0.481 e. The maximum Gasteiger partial charge on any atom is 0.328 e. The maximum atomic E-state index is 10.1. The highest BCUT2D eigenvalue weighted by molar-refractivity contribution is 5.87. The smallest absolute Gasteiger partial charge is 0.328 e. The molecule has 0 spiro atoms. The van der Waals surface area contributed by atoms with Crippen LogP contribution in [0.5, 0.6) is 0 Å². The highest BCUT2D eigenvalue weighted by Gasteiger charge is 2.37. The number of rotatable bonds is 2. The number of aliphatic carboxylic acids is 2. The Morgan fingerprint density at radius 1 is 1.50 bits per heavy atom. The molecule has 0 aliphatic heterocycles. The van der Waals surface area contributed by atoms with Crippen LogP contribution in [-0.4, -0.2) is 22.2 Å². The summed E-state index contributed by atoms with van der Waals surface area (Å²) in [5, 5.41) is 16.5. The summed E-state index contributed by atoms with van der Waals surface area (Å²) in [6.07, 6.45) is 1.35. The van der Waals surface area contributed by atoms with Crippen molar-refractivity contribution in [2.24, 2.45) is 5.92 Å². The molecular formula is C6H6O4. The van der Waals surface area contributed by atoms with Crippen LogP contribution in [0.25, 0.3) is 0 Å². The van der Waals surface area contributed by atoms with Gasteiger partial charge in [-0.3, -0.25) is 4.79 Å². The molecule has 1 fully saturated rings. The van der Waals surface area contributed by atoms with E-state index >= 15 is 0 Å². The molecule has 2 N–H and O–H groups in total. The molecule has 0 radical (unpaired) electrons. The molecule has 4 nitrogen and oxygen atoms in total. The van der Waals surface area contributed by atoms with E-state index in [9.17, 15) is 9.59 Å². The van der Waals surface area contributed by atoms with Gasteiger partial charge in [0, 0.05) is 6.08 Å². The molecular weight excluding hydrogens is 136 g/mol. The Bertz CT molecular complexity index is 216. The Morgan fingerprint density at radius 2 is 2.10 bits per heavy atom. The van der Waals surface area contributed by atoms with Gasteiger partial charge in [-0.05, 0) is 12.0 Å². The molecule has 1 rings (SSSR count). The number of carboxylic acid groups (broad SMARTS) is 2. The van der Waals surface area contributed by atoms with Crippen molar-refractivity contribution in [3.63, 3.8) is 0 Å². The lowest BCUT2D eigenvalue weighted by atomic mass is 10.4. The van der Waals surface area contributed by atoms with E-state index in [1.165, 1.54) is 0 Å². The predicted octanol–water partition coefficient (Wildman–Crippen LogP) is 0.102. The SMILES string of the molecule is O=C(O)/C=C1/CC1C(=O)O. The summed E-state index contributed by atoms with van der Waals surface area (Å²) in [7, 11) is 0. The second-order valence-electron chi connectivity index (χ2n) is 2.15. The van der Waals surface area contributed by atoms with E-state index in [0.717, 1.165) is 6.08 Å². The van der Waals surface area contributed by atoms with Gasteiger partial charge < -0.3 is 10.2 Å². The topological polar surface area (TPSA) is 74.6 Å². The Balaban J connectivity index is 2.53. The number of hydrogen-bond donors (Lipinski definition) is 2. The van der Waals surface area contributed by atoms with E-state index in [1.807, 2.05) is 0 Å². The fraction of sp³-hybridized carbons (Fsp3) is 0.333. The van der Waals surface area contributed by atoms with Gasteiger partial charge in [0.25, 0.3) is 0 Å². The van der Waals surface area contributed by atoms with Crippen molar-refractivity contribution in [3.05, 3.63) is 11.6 Å². The van der Waals surface area contributed by atoms with Crippen LogP contribution in [-0.2, 0) is 9.59 Å². The van der Waals surface area contributed by atoms with E-state index in [0.29, 0.717) is 12.0 Å². The molecule has 1 saturated carbocycles. The zero-order chi connectivity index (χ0) is 7.72. The van der Waals surface area contributed by atoms with Gasteiger partial charge in [0.2, 0.25) is 0 Å². The van der Waals surface area contributed by atoms with Crippen molar-refractivity contribution < 1.29 is 19.8 Å². The lowest BCUT2D eigenvalue weighted by Gasteiger charge is -1.79. The standard InChI is InChI=1S/C6H6O4/c7-5(8)2-3-1-4(3)6(9)10/h2,4H,1H2,(H,7,8)(H,9,10)/b3-2-. The highest BCUT2D eigenvalue weighted by atomic mass is 16.4. The van der Waals surface area contributed by atoms with Crippen LogP contribution in [0, 0.1) is 5.92 Å². The molecule has 1 aliphatic rings. The number of hydrogen-bond acceptors (Lipinski definition) is 2. The van der Waals surface area contributed by atoms with Gasteiger partial charge in [0.15, 0.2) is 0 Å². The van der Waals surface area contributed by atoms with Crippen molar-refractivity contribution in [1.82, 2.24) is 0 Å². The third-order valence-electron chi connectivity index (χ3n) is 1.33. The molecule has 0 bridgehead atoms. The molecule has 54 valence electrons. The average molecular weight is 142 g/mol. The van der Waals surface area contributed by atoms with Crippen LogP contribution in [0.1, 0.15) is 6.42 Å². The fourth-order valence-corrected chi connectivity index (χ4v) is 0.741. The molecule has 10 heavy (non-hydrogen) atoms. The van der Waals surface area contributed by atoms with Crippen molar-refractivity contribution in [2.45, 2.75) is 6.42 Å². The van der Waals surface area contributed by atoms with Gasteiger partial charge >= 0.3 is 11.9 Å². The molecule has 0 saturated heterocycles. The largest absolute Gasteiger partial charge is 0.481 e. The molecule has 0 aromatic heterocycles. The Hall–Kier alpha value is -1.32. The first kappa shape index (κ1) is 6.80. The Kier molecular flexibility index (Phi) is 1.45. The fourth-order valence-electron chi connectivity index (χ4n) is 0.741. The predicted molar refractivity (Wildman–Crippen MR) is 31.5 cm³/mol. The van der Waals surface area contributed by atoms with Crippen LogP contribution in [0.3, 0.4) is 0 Å². The minimum atomic E-state index is -1.07. The molecule has 0 heterocycles. The van der Waals surface area contributed by atoms with Gasteiger partial charge in [-0.25, -0.2) is 4.79 Å². The molecule has 1 aliphatic carbocycles. The summed E-state index contributed by atoms with van der Waals surface area (Å²) in [6.45, 7) is 0. The third kappa shape index (κ3) is 1.34. The summed E-state index contributed by atoms with van der Waals surface area (Å²) < 4.78 is 0. The summed E-state index contributed by atoms with van der Waals surface area (Å²) in [4.78, 5) is 20.1. The van der Waals surface area contributed by atoms with Gasteiger partial charge in [-0.1, -0.05) is 0 Å². The van der Waals surface area contributed by atoms with Gasteiger partial charge in [-0.2, -0.15) is 0 Å². The van der Waals surface area contributed by atoms with Crippen LogP contribution in [0.2, 0.25) is 0 Å². The Labute approximate surface area is 56.8 Å². The quantitative estimate of drug-likeness (QED) is 0.536. The van der Waals surface area contributed by atoms with Crippen molar-refractivity contribution in [2.75, 3.05) is 0 Å². The van der Waals surface area contributed by atoms with Crippen LogP contribution >= 0.6 is 0 Å². The van der Waals surface area contributed by atoms with E-state index in [1.54, 1.807) is 0 Å². The lowest BCUT2D eigenvalue weighted by molar-refractivity contribution is -0.138. The average Bonchev–Trinajstić information content (AvgIpc) is 2.43. The summed E-state index contributed by atoms with van der Waals surface area (Å²) >= 11 is 0. The van der Waals surface area contributed by atoms with E-state index in [-0.39, 0.29) is 0 Å². The summed E-state index contributed by atoms with van der Waals surface area (Å²) in [5.74, 6) is -2.54. The highest BCUT2D eigenvalue weighted by Crippen LogP contribution is 2.37. The van der Waals surface area contributed by atoms with E-state index in [4.69, 9.17) is 10.2 Å². The zero-order valence-electron chi connectivity index (χ0n) is 5.07. The van der Waals surface area contributed by atoms with Crippen molar-refractivity contribution in [1.29, 1.82) is 0 Å². The molecule has 1 atom stereocenters. The van der Waals surface area contributed by atoms with Crippen molar-refractivity contribution >= 4 is 11.9 Å². The molecule has 0 aromatic rings. The first-order valence-electron chi connectivity index (χ1n) is 2.77. The van der Waals surface area contributed by atoms with Gasteiger partial charge in [-0.15, -0.1) is 0 Å². The number of carboxylic acids is 2. The normalized spacial score (nSPS) is 26.4. The molecule has 0 amide bonds. The molecule has 1 unspecified atom stereocenters. The van der Waals surface area contributed by atoms with Crippen LogP contribution < -0.4 is 0 Å². The monoisotopic (exact) mass is 142 g/mol. The lowest BCUT2D eigenvalue weighted by Crippen LogP contribution is -1.96. The number of carbonyl (C=O) groups is 2. The molecule has 0 aromatic carbocycles. The first-order chi connectivity index (χ1) is 4.61. The Morgan fingerprint density at radius 3 is 2.40 bits per heavy atom. The molecule has 4 heteroatoms. The summed E-state index contributed by atoms with van der Waals surface area (Å²) in [6, 6.07) is 0.